The van der Waals surface area contributed by atoms with Gasteiger partial charge in [-0.05, 0) is 88.1 Å². The Morgan fingerprint density at radius 2 is 1.80 bits per heavy atom. The zero-order valence-corrected chi connectivity index (χ0v) is 17.5. The third kappa shape index (κ3) is 7.50. The summed E-state index contributed by atoms with van der Waals surface area (Å²) in [5, 5.41) is 2.67. The number of nitrogens with one attached hydrogen (secondary N) is 1. The summed E-state index contributed by atoms with van der Waals surface area (Å²) in [7, 11) is 0. The first-order valence-electron chi connectivity index (χ1n) is 9.55. The number of ether oxygens (including phenoxy) is 2. The van der Waals surface area contributed by atoms with Crippen molar-refractivity contribution in [3.63, 3.8) is 0 Å². The molecule has 2 aromatic carbocycles. The molecule has 0 spiro atoms. The van der Waals surface area contributed by atoms with E-state index in [1.54, 1.807) is 52.0 Å². The summed E-state index contributed by atoms with van der Waals surface area (Å²) in [5.41, 5.74) is 6.19. The second-order valence-corrected chi connectivity index (χ2v) is 8.03. The van der Waals surface area contributed by atoms with E-state index < -0.39 is 23.4 Å². The quantitative estimate of drug-likeness (QED) is 0.451. The van der Waals surface area contributed by atoms with Gasteiger partial charge in [0.2, 0.25) is 0 Å². The van der Waals surface area contributed by atoms with E-state index in [9.17, 15) is 18.0 Å². The molecule has 0 saturated carbocycles. The van der Waals surface area contributed by atoms with Crippen LogP contribution in [0.4, 0.5) is 23.7 Å². The van der Waals surface area contributed by atoms with Crippen molar-refractivity contribution in [2.24, 2.45) is 0 Å². The molecule has 0 atom stereocenters. The monoisotopic (exact) mass is 424 g/mol. The zero-order valence-electron chi connectivity index (χ0n) is 17.5. The zero-order chi connectivity index (χ0) is 22.5. The van der Waals surface area contributed by atoms with Crippen LogP contribution in [-0.2, 0) is 17.3 Å². The van der Waals surface area contributed by atoms with Gasteiger partial charge in [-0.1, -0.05) is 0 Å². The van der Waals surface area contributed by atoms with Crippen LogP contribution in [0.1, 0.15) is 43.9 Å². The first-order valence-corrected chi connectivity index (χ1v) is 9.55. The minimum absolute atomic E-state index is 0.0974. The Kier molecular flexibility index (Phi) is 7.23. The van der Waals surface area contributed by atoms with Crippen molar-refractivity contribution in [2.75, 3.05) is 12.3 Å². The van der Waals surface area contributed by atoms with Crippen molar-refractivity contribution >= 4 is 11.8 Å². The molecule has 0 fully saturated rings. The lowest BCUT2D eigenvalue weighted by Crippen LogP contribution is -2.33. The van der Waals surface area contributed by atoms with Crippen LogP contribution in [0.3, 0.4) is 0 Å². The van der Waals surface area contributed by atoms with Crippen molar-refractivity contribution < 1.29 is 27.4 Å². The number of carbonyl (C=O) groups is 1. The largest absolute Gasteiger partial charge is 0.457 e. The molecule has 0 aromatic heterocycles. The van der Waals surface area contributed by atoms with E-state index in [2.05, 4.69) is 5.32 Å². The average Bonchev–Trinajstić information content (AvgIpc) is 2.58. The molecule has 3 N–H and O–H groups in total. The molecule has 30 heavy (non-hydrogen) atoms. The summed E-state index contributed by atoms with van der Waals surface area (Å²) in [6, 6.07) is 8.54. The van der Waals surface area contributed by atoms with Gasteiger partial charge >= 0.3 is 12.3 Å². The van der Waals surface area contributed by atoms with Crippen LogP contribution in [0.25, 0.3) is 0 Å². The summed E-state index contributed by atoms with van der Waals surface area (Å²) >= 11 is 0. The minimum atomic E-state index is -4.46. The number of rotatable bonds is 6. The molecule has 164 valence electrons. The summed E-state index contributed by atoms with van der Waals surface area (Å²) in [4.78, 5) is 11.7. The number of anilines is 1. The topological polar surface area (TPSA) is 73.6 Å². The highest BCUT2D eigenvalue weighted by Gasteiger charge is 2.31. The van der Waals surface area contributed by atoms with Crippen molar-refractivity contribution in [1.82, 2.24) is 5.32 Å². The number of nitrogen functional groups attached to an aromatic ring is 1. The molecule has 0 heterocycles. The summed E-state index contributed by atoms with van der Waals surface area (Å²) in [6.45, 7) is 7.27. The SMILES string of the molecule is Cc1cc(Oc2ccc(N)cc2CCCNC(=O)OC(C)(C)C)cc(C(F)(F)F)c1. The summed E-state index contributed by atoms with van der Waals surface area (Å²) in [6.07, 6.45) is -3.89. The van der Waals surface area contributed by atoms with Crippen molar-refractivity contribution in [2.45, 2.75) is 52.3 Å². The first kappa shape index (κ1) is 23.4. The van der Waals surface area contributed by atoms with Crippen LogP contribution in [-0.4, -0.2) is 18.2 Å². The van der Waals surface area contributed by atoms with Gasteiger partial charge in [-0.25, -0.2) is 4.79 Å². The Morgan fingerprint density at radius 3 is 2.43 bits per heavy atom. The van der Waals surface area contributed by atoms with Gasteiger partial charge < -0.3 is 20.5 Å². The Hall–Kier alpha value is -2.90. The van der Waals surface area contributed by atoms with Gasteiger partial charge in [0.15, 0.2) is 0 Å². The van der Waals surface area contributed by atoms with Crippen LogP contribution < -0.4 is 15.8 Å². The molecular formula is C22H27F3N2O3. The fraction of sp³-hybridized carbons (Fsp3) is 0.409. The lowest BCUT2D eigenvalue weighted by Gasteiger charge is -2.19. The number of amides is 1. The average molecular weight is 424 g/mol. The maximum atomic E-state index is 13.1. The molecule has 0 bridgehead atoms. The predicted molar refractivity (Wildman–Crippen MR) is 110 cm³/mol. The number of carbonyl (C=O) groups excluding carboxylic acids is 1. The van der Waals surface area contributed by atoms with Gasteiger partial charge in [-0.2, -0.15) is 13.2 Å². The highest BCUT2D eigenvalue weighted by molar-refractivity contribution is 5.67. The number of aryl methyl sites for hydroxylation is 2. The number of hydrogen-bond acceptors (Lipinski definition) is 4. The molecule has 0 aliphatic rings. The van der Waals surface area contributed by atoms with Crippen molar-refractivity contribution in [3.05, 3.63) is 53.1 Å². The maximum Gasteiger partial charge on any atom is 0.416 e. The van der Waals surface area contributed by atoms with E-state index in [0.717, 1.165) is 17.7 Å². The highest BCUT2D eigenvalue weighted by atomic mass is 19.4. The lowest BCUT2D eigenvalue weighted by molar-refractivity contribution is -0.137. The Balaban J connectivity index is 2.07. The van der Waals surface area contributed by atoms with E-state index in [1.165, 1.54) is 0 Å². The third-order valence-corrected chi connectivity index (χ3v) is 3.98. The van der Waals surface area contributed by atoms with Crippen LogP contribution in [0.15, 0.2) is 36.4 Å². The van der Waals surface area contributed by atoms with E-state index in [1.807, 2.05) is 0 Å². The molecule has 8 heteroatoms. The van der Waals surface area contributed by atoms with E-state index in [0.29, 0.717) is 36.4 Å². The molecule has 1 amide bonds. The number of alkyl carbamates (subject to hydrolysis) is 1. The van der Waals surface area contributed by atoms with Gasteiger partial charge in [0, 0.05) is 12.2 Å². The molecule has 0 aliphatic heterocycles. The fourth-order valence-corrected chi connectivity index (χ4v) is 2.78. The normalized spacial score (nSPS) is 11.8. The van der Waals surface area contributed by atoms with Crippen molar-refractivity contribution in [1.29, 1.82) is 0 Å². The molecule has 5 nitrogen and oxygen atoms in total. The number of alkyl halides is 3. The second-order valence-electron chi connectivity index (χ2n) is 8.03. The Labute approximate surface area is 174 Å². The molecular weight excluding hydrogens is 397 g/mol. The maximum absolute atomic E-state index is 13.1. The van der Waals surface area contributed by atoms with Crippen LogP contribution in [0.5, 0.6) is 11.5 Å². The number of benzene rings is 2. The first-order chi connectivity index (χ1) is 13.8. The molecule has 0 unspecified atom stereocenters. The lowest BCUT2D eigenvalue weighted by atomic mass is 10.1. The van der Waals surface area contributed by atoms with Gasteiger partial charge in [0.25, 0.3) is 0 Å². The third-order valence-electron chi connectivity index (χ3n) is 3.98. The Bertz CT molecular complexity index is 890. The minimum Gasteiger partial charge on any atom is -0.457 e. The van der Waals surface area contributed by atoms with E-state index in [4.69, 9.17) is 15.2 Å². The van der Waals surface area contributed by atoms with Crippen LogP contribution >= 0.6 is 0 Å². The van der Waals surface area contributed by atoms with Crippen molar-refractivity contribution in [3.8, 4) is 11.5 Å². The number of halogens is 3. The molecule has 0 radical (unpaired) electrons. The molecule has 0 aliphatic carbocycles. The highest BCUT2D eigenvalue weighted by Crippen LogP contribution is 2.35. The number of nitrogens with two attached hydrogens (primary N) is 1. The number of hydrogen-bond donors (Lipinski definition) is 2. The summed E-state index contributed by atoms with van der Waals surface area (Å²) < 4.78 is 50.2. The second kappa shape index (κ2) is 9.28. The molecule has 0 saturated heterocycles. The predicted octanol–water partition coefficient (Wildman–Crippen LogP) is 5.85. The standard InChI is InChI=1S/C22H27F3N2O3/c1-14-10-16(22(23,24)25)13-18(11-14)29-19-8-7-17(26)12-15(19)6-5-9-27-20(28)30-21(2,3)4/h7-8,10-13H,5-6,9,26H2,1-4H3,(H,27,28). The van der Waals surface area contributed by atoms with Crippen LogP contribution in [0, 0.1) is 6.92 Å². The molecule has 2 aromatic rings. The summed E-state index contributed by atoms with van der Waals surface area (Å²) in [5.74, 6) is 0.514. The van der Waals surface area contributed by atoms with E-state index in [-0.39, 0.29) is 5.75 Å². The Morgan fingerprint density at radius 1 is 1.10 bits per heavy atom. The van der Waals surface area contributed by atoms with Crippen LogP contribution in [0.2, 0.25) is 0 Å². The van der Waals surface area contributed by atoms with Gasteiger partial charge in [-0.15, -0.1) is 0 Å². The molecule has 2 rings (SSSR count). The van der Waals surface area contributed by atoms with Gasteiger partial charge in [-0.3, -0.25) is 0 Å². The van der Waals surface area contributed by atoms with Gasteiger partial charge in [0.1, 0.15) is 17.1 Å². The fourth-order valence-electron chi connectivity index (χ4n) is 2.78. The van der Waals surface area contributed by atoms with Gasteiger partial charge in [0.05, 0.1) is 5.56 Å². The van der Waals surface area contributed by atoms with E-state index >= 15 is 0 Å². The smallest absolute Gasteiger partial charge is 0.416 e.